The monoisotopic (exact) mass is 169 g/mol. The molecule has 0 aliphatic rings. The number of ether oxygens (including phenoxy) is 1. The molecule has 0 radical (unpaired) electrons. The fourth-order valence-electron chi connectivity index (χ4n) is 0.707. The van der Waals surface area contributed by atoms with Gasteiger partial charge in [-0.25, -0.2) is 4.79 Å². The lowest BCUT2D eigenvalue weighted by atomic mass is 10.3. The molecule has 1 N–H and O–H groups in total. The number of aromatic nitrogens is 2. The standard InChI is InChI=1S/C6H7N3O3/c1-2-12-6(10)4-3-7-8-5(4)9-11/h3H,2H2,1H3,(H,7,8). The van der Waals surface area contributed by atoms with Gasteiger partial charge < -0.3 is 4.74 Å². The molecule has 0 fully saturated rings. The van der Waals surface area contributed by atoms with Gasteiger partial charge in [0.05, 0.1) is 12.8 Å². The zero-order valence-electron chi connectivity index (χ0n) is 6.40. The number of H-pyrrole nitrogens is 1. The minimum Gasteiger partial charge on any atom is -0.462 e. The summed E-state index contributed by atoms with van der Waals surface area (Å²) in [6, 6.07) is 0. The summed E-state index contributed by atoms with van der Waals surface area (Å²) >= 11 is 0. The SMILES string of the molecule is CCOC(=O)c1cn[nH]c1N=O. The van der Waals surface area contributed by atoms with Gasteiger partial charge in [-0.2, -0.15) is 5.10 Å². The molecular weight excluding hydrogens is 162 g/mol. The fourth-order valence-corrected chi connectivity index (χ4v) is 0.707. The quantitative estimate of drug-likeness (QED) is 0.540. The van der Waals surface area contributed by atoms with Crippen molar-refractivity contribution in [3.05, 3.63) is 16.7 Å². The highest BCUT2D eigenvalue weighted by Crippen LogP contribution is 2.14. The lowest BCUT2D eigenvalue weighted by molar-refractivity contribution is 0.0527. The highest BCUT2D eigenvalue weighted by atomic mass is 16.5. The molecule has 1 aromatic heterocycles. The van der Waals surface area contributed by atoms with E-state index in [9.17, 15) is 9.70 Å². The van der Waals surface area contributed by atoms with Crippen molar-refractivity contribution in [2.24, 2.45) is 5.18 Å². The summed E-state index contributed by atoms with van der Waals surface area (Å²) in [5.41, 5.74) is 0.0619. The number of carbonyl (C=O) groups excluding carboxylic acids is 1. The zero-order valence-corrected chi connectivity index (χ0v) is 6.40. The van der Waals surface area contributed by atoms with Crippen molar-refractivity contribution in [2.75, 3.05) is 6.61 Å². The maximum Gasteiger partial charge on any atom is 0.343 e. The molecule has 0 bridgehead atoms. The smallest absolute Gasteiger partial charge is 0.343 e. The Labute approximate surface area is 67.9 Å². The molecule has 0 aliphatic heterocycles. The van der Waals surface area contributed by atoms with E-state index in [1.54, 1.807) is 6.92 Å². The molecule has 0 saturated heterocycles. The van der Waals surface area contributed by atoms with Crippen molar-refractivity contribution in [2.45, 2.75) is 6.92 Å². The number of rotatable bonds is 3. The Kier molecular flexibility index (Phi) is 2.52. The lowest BCUT2D eigenvalue weighted by Crippen LogP contribution is -2.03. The second-order valence-electron chi connectivity index (χ2n) is 1.94. The average molecular weight is 169 g/mol. The number of aromatic amines is 1. The van der Waals surface area contributed by atoms with E-state index in [4.69, 9.17) is 0 Å². The summed E-state index contributed by atoms with van der Waals surface area (Å²) in [4.78, 5) is 21.1. The summed E-state index contributed by atoms with van der Waals surface area (Å²) in [6.45, 7) is 1.92. The van der Waals surface area contributed by atoms with Gasteiger partial charge in [-0.3, -0.25) is 5.10 Å². The number of nitrogens with zero attached hydrogens (tertiary/aromatic N) is 2. The summed E-state index contributed by atoms with van der Waals surface area (Å²) < 4.78 is 4.63. The second kappa shape index (κ2) is 3.61. The number of hydrogen-bond acceptors (Lipinski definition) is 5. The first-order valence-corrected chi connectivity index (χ1v) is 3.33. The van der Waals surface area contributed by atoms with Gasteiger partial charge in [-0.1, -0.05) is 0 Å². The van der Waals surface area contributed by atoms with E-state index in [0.29, 0.717) is 0 Å². The molecule has 0 spiro atoms. The molecule has 1 rings (SSSR count). The molecule has 0 aromatic carbocycles. The van der Waals surface area contributed by atoms with Crippen LogP contribution in [0.3, 0.4) is 0 Å². The highest BCUT2D eigenvalue weighted by molar-refractivity contribution is 5.93. The van der Waals surface area contributed by atoms with Crippen LogP contribution in [0.4, 0.5) is 5.82 Å². The van der Waals surface area contributed by atoms with E-state index < -0.39 is 5.97 Å². The van der Waals surface area contributed by atoms with Crippen LogP contribution < -0.4 is 0 Å². The van der Waals surface area contributed by atoms with Gasteiger partial charge in [-0.05, 0) is 12.1 Å². The Hall–Kier alpha value is -1.72. The lowest BCUT2D eigenvalue weighted by Gasteiger charge is -1.96. The van der Waals surface area contributed by atoms with Gasteiger partial charge in [0.25, 0.3) is 0 Å². The van der Waals surface area contributed by atoms with E-state index in [0.717, 1.165) is 0 Å². The third-order valence-electron chi connectivity index (χ3n) is 1.21. The van der Waals surface area contributed by atoms with Crippen molar-refractivity contribution in [3.63, 3.8) is 0 Å². The average Bonchev–Trinajstić information content (AvgIpc) is 2.51. The molecule has 0 aliphatic carbocycles. The van der Waals surface area contributed by atoms with Crippen LogP contribution in [0.1, 0.15) is 17.3 Å². The van der Waals surface area contributed by atoms with Crippen LogP contribution in [0, 0.1) is 4.91 Å². The Morgan fingerprint density at radius 3 is 3.17 bits per heavy atom. The number of nitrogens with one attached hydrogen (secondary N) is 1. The van der Waals surface area contributed by atoms with Crippen molar-refractivity contribution in [1.82, 2.24) is 10.2 Å². The first-order valence-electron chi connectivity index (χ1n) is 3.33. The second-order valence-corrected chi connectivity index (χ2v) is 1.94. The third kappa shape index (κ3) is 1.47. The number of nitroso groups, excluding NO2 is 1. The molecule has 1 heterocycles. The number of carbonyl (C=O) groups is 1. The minimum absolute atomic E-state index is 0.0619. The van der Waals surface area contributed by atoms with Crippen molar-refractivity contribution in [3.8, 4) is 0 Å². The molecule has 6 heteroatoms. The van der Waals surface area contributed by atoms with Gasteiger partial charge >= 0.3 is 5.97 Å². The predicted molar refractivity (Wildman–Crippen MR) is 40.0 cm³/mol. The van der Waals surface area contributed by atoms with Gasteiger partial charge in [-0.15, -0.1) is 4.91 Å². The third-order valence-corrected chi connectivity index (χ3v) is 1.21. The topological polar surface area (TPSA) is 84.4 Å². The molecule has 6 nitrogen and oxygen atoms in total. The maximum atomic E-state index is 11.0. The predicted octanol–water partition coefficient (Wildman–Crippen LogP) is 0.984. The number of hydrogen-bond donors (Lipinski definition) is 1. The minimum atomic E-state index is -0.596. The molecule has 0 unspecified atom stereocenters. The summed E-state index contributed by atoms with van der Waals surface area (Å²) in [7, 11) is 0. The van der Waals surface area contributed by atoms with E-state index >= 15 is 0 Å². The first kappa shape index (κ1) is 8.38. The highest BCUT2D eigenvalue weighted by Gasteiger charge is 2.14. The van der Waals surface area contributed by atoms with Crippen LogP contribution >= 0.6 is 0 Å². The maximum absolute atomic E-state index is 11.0. The fraction of sp³-hybridized carbons (Fsp3) is 0.333. The van der Waals surface area contributed by atoms with Gasteiger partial charge in [0.2, 0.25) is 5.82 Å². The van der Waals surface area contributed by atoms with Crippen LogP contribution in [0.5, 0.6) is 0 Å². The Bertz CT molecular complexity index is 294. The van der Waals surface area contributed by atoms with E-state index in [1.165, 1.54) is 6.20 Å². The molecule has 12 heavy (non-hydrogen) atoms. The zero-order chi connectivity index (χ0) is 8.97. The summed E-state index contributed by atoms with van der Waals surface area (Å²) in [5.74, 6) is -0.700. The molecule has 1 aromatic rings. The van der Waals surface area contributed by atoms with E-state index in [2.05, 4.69) is 20.1 Å². The van der Waals surface area contributed by atoms with Gasteiger partial charge in [0.15, 0.2) is 0 Å². The van der Waals surface area contributed by atoms with Crippen LogP contribution in [0.2, 0.25) is 0 Å². The first-order chi connectivity index (χ1) is 5.79. The largest absolute Gasteiger partial charge is 0.462 e. The Morgan fingerprint density at radius 1 is 1.83 bits per heavy atom. The van der Waals surface area contributed by atoms with Crippen molar-refractivity contribution < 1.29 is 9.53 Å². The normalized spacial score (nSPS) is 9.42. The Balaban J connectivity index is 2.86. The van der Waals surface area contributed by atoms with Crippen LogP contribution in [0.15, 0.2) is 11.4 Å². The molecule has 0 atom stereocenters. The number of esters is 1. The van der Waals surface area contributed by atoms with Gasteiger partial charge in [0.1, 0.15) is 5.56 Å². The van der Waals surface area contributed by atoms with Crippen LogP contribution in [0.25, 0.3) is 0 Å². The molecule has 64 valence electrons. The Morgan fingerprint density at radius 2 is 2.58 bits per heavy atom. The van der Waals surface area contributed by atoms with E-state index in [-0.39, 0.29) is 18.0 Å². The van der Waals surface area contributed by atoms with Crippen LogP contribution in [-0.4, -0.2) is 22.8 Å². The van der Waals surface area contributed by atoms with Gasteiger partial charge in [0, 0.05) is 0 Å². The van der Waals surface area contributed by atoms with Crippen molar-refractivity contribution in [1.29, 1.82) is 0 Å². The van der Waals surface area contributed by atoms with Crippen LogP contribution in [-0.2, 0) is 4.74 Å². The van der Waals surface area contributed by atoms with E-state index in [1.807, 2.05) is 0 Å². The molecule has 0 amide bonds. The summed E-state index contributed by atoms with van der Waals surface area (Å²) in [6.07, 6.45) is 1.20. The summed E-state index contributed by atoms with van der Waals surface area (Å²) in [5, 5.41) is 8.31. The molecule has 0 saturated carbocycles. The molecular formula is C6H7N3O3. The van der Waals surface area contributed by atoms with Crippen molar-refractivity contribution >= 4 is 11.8 Å².